The van der Waals surface area contributed by atoms with Crippen LogP contribution in [0.4, 0.5) is 0 Å². The van der Waals surface area contributed by atoms with Crippen molar-refractivity contribution in [2.24, 2.45) is 0 Å². The molecule has 2 atom stereocenters. The number of nitrogens with zero attached hydrogens (tertiary/aromatic N) is 2. The first-order valence-corrected chi connectivity index (χ1v) is 4.01. The predicted octanol–water partition coefficient (Wildman–Crippen LogP) is -0.146. The third kappa shape index (κ3) is 1.33. The molecule has 0 aliphatic carbocycles. The molecule has 1 fully saturated rings. The third-order valence-corrected chi connectivity index (χ3v) is 2.19. The number of aromatic amines is 1. The van der Waals surface area contributed by atoms with Gasteiger partial charge >= 0.3 is 0 Å². The molecule has 0 amide bonds. The van der Waals surface area contributed by atoms with E-state index < -0.39 is 0 Å². The van der Waals surface area contributed by atoms with E-state index in [0.717, 1.165) is 18.8 Å². The van der Waals surface area contributed by atoms with E-state index in [1.165, 1.54) is 6.33 Å². The molecular weight excluding hydrogens is 156 g/mol. The summed E-state index contributed by atoms with van der Waals surface area (Å²) >= 11 is 0. The van der Waals surface area contributed by atoms with Gasteiger partial charge in [0.05, 0.1) is 12.1 Å². The summed E-state index contributed by atoms with van der Waals surface area (Å²) in [6.45, 7) is 0.891. The fraction of sp³-hybridized carbons (Fsp3) is 0.714. The lowest BCUT2D eigenvalue weighted by Crippen LogP contribution is -2.16. The lowest BCUT2D eigenvalue weighted by atomic mass is 10.2. The van der Waals surface area contributed by atoms with Gasteiger partial charge in [-0.05, 0) is 6.42 Å². The molecule has 0 radical (unpaired) electrons. The molecule has 2 rings (SSSR count). The van der Waals surface area contributed by atoms with Crippen LogP contribution >= 0.6 is 0 Å². The molecule has 0 unspecified atom stereocenters. The molecule has 1 aromatic rings. The number of nitrogens with one attached hydrogen (secondary N) is 2. The molecule has 0 aromatic carbocycles. The van der Waals surface area contributed by atoms with Crippen LogP contribution in [-0.2, 0) is 4.74 Å². The van der Waals surface area contributed by atoms with Gasteiger partial charge in [0, 0.05) is 13.7 Å². The lowest BCUT2D eigenvalue weighted by molar-refractivity contribution is 0.117. The zero-order valence-electron chi connectivity index (χ0n) is 6.95. The molecule has 12 heavy (non-hydrogen) atoms. The van der Waals surface area contributed by atoms with Crippen LogP contribution in [-0.4, -0.2) is 34.9 Å². The molecule has 1 aliphatic rings. The monoisotopic (exact) mass is 168 g/mol. The largest absolute Gasteiger partial charge is 0.380 e. The van der Waals surface area contributed by atoms with Crippen molar-refractivity contribution in [2.45, 2.75) is 18.6 Å². The quantitative estimate of drug-likeness (QED) is 0.645. The van der Waals surface area contributed by atoms with Crippen molar-refractivity contribution >= 4 is 0 Å². The minimum absolute atomic E-state index is 0.275. The first-order valence-electron chi connectivity index (χ1n) is 4.01. The first-order chi connectivity index (χ1) is 5.90. The van der Waals surface area contributed by atoms with Gasteiger partial charge in [0.25, 0.3) is 0 Å². The summed E-state index contributed by atoms with van der Waals surface area (Å²) < 4.78 is 5.21. The Balaban J connectivity index is 2.00. The molecule has 5 nitrogen and oxygen atoms in total. The Kier molecular flexibility index (Phi) is 2.05. The standard InChI is InChI=1S/C7H12N4O/c1-12-5-2-6(8-3-5)7-9-4-10-11-7/h4-6,8H,2-3H2,1H3,(H,9,10,11)/t5-,6-/m1/s1. The third-order valence-electron chi connectivity index (χ3n) is 2.19. The zero-order chi connectivity index (χ0) is 8.39. The van der Waals surface area contributed by atoms with Crippen molar-refractivity contribution in [3.63, 3.8) is 0 Å². The maximum Gasteiger partial charge on any atom is 0.141 e. The highest BCUT2D eigenvalue weighted by Gasteiger charge is 2.26. The van der Waals surface area contributed by atoms with Crippen LogP contribution in [0.15, 0.2) is 6.33 Å². The van der Waals surface area contributed by atoms with E-state index in [2.05, 4.69) is 20.5 Å². The molecule has 1 aliphatic heterocycles. The summed E-state index contributed by atoms with van der Waals surface area (Å²) in [5.74, 6) is 0.898. The summed E-state index contributed by atoms with van der Waals surface area (Å²) in [7, 11) is 1.73. The average molecular weight is 168 g/mol. The Bertz CT molecular complexity index is 236. The molecule has 2 N–H and O–H groups in total. The predicted molar refractivity (Wildman–Crippen MR) is 42.5 cm³/mol. The second-order valence-electron chi connectivity index (χ2n) is 2.92. The van der Waals surface area contributed by atoms with Gasteiger partial charge in [0.15, 0.2) is 0 Å². The lowest BCUT2D eigenvalue weighted by Gasteiger charge is -2.05. The number of hydrogen-bond acceptors (Lipinski definition) is 4. The van der Waals surface area contributed by atoms with Crippen LogP contribution in [0, 0.1) is 0 Å². The van der Waals surface area contributed by atoms with Gasteiger partial charge in [-0.3, -0.25) is 5.10 Å². The molecule has 1 aromatic heterocycles. The van der Waals surface area contributed by atoms with Gasteiger partial charge in [-0.1, -0.05) is 0 Å². The summed E-state index contributed by atoms with van der Waals surface area (Å²) in [4.78, 5) is 4.08. The van der Waals surface area contributed by atoms with E-state index in [4.69, 9.17) is 4.74 Å². The van der Waals surface area contributed by atoms with E-state index >= 15 is 0 Å². The minimum Gasteiger partial charge on any atom is -0.380 e. The Morgan fingerprint density at radius 1 is 1.67 bits per heavy atom. The Morgan fingerprint density at radius 3 is 3.17 bits per heavy atom. The fourth-order valence-electron chi connectivity index (χ4n) is 1.47. The Morgan fingerprint density at radius 2 is 2.58 bits per heavy atom. The van der Waals surface area contributed by atoms with Crippen LogP contribution in [0.1, 0.15) is 18.3 Å². The average Bonchev–Trinajstić information content (AvgIpc) is 2.75. The maximum atomic E-state index is 5.21. The van der Waals surface area contributed by atoms with Gasteiger partial charge in [-0.2, -0.15) is 5.10 Å². The van der Waals surface area contributed by atoms with Crippen LogP contribution in [0.2, 0.25) is 0 Å². The van der Waals surface area contributed by atoms with Gasteiger partial charge < -0.3 is 10.1 Å². The smallest absolute Gasteiger partial charge is 0.141 e. The summed E-state index contributed by atoms with van der Waals surface area (Å²) in [5, 5.41) is 9.95. The molecule has 1 saturated heterocycles. The summed E-state index contributed by atoms with van der Waals surface area (Å²) in [6, 6.07) is 0.275. The summed E-state index contributed by atoms with van der Waals surface area (Å²) in [5.41, 5.74) is 0. The SMILES string of the molecule is CO[C@H]1CN[C@@H](c2ncn[nH]2)C1. The second kappa shape index (κ2) is 3.20. The van der Waals surface area contributed by atoms with Crippen LogP contribution in [0.3, 0.4) is 0 Å². The number of H-pyrrole nitrogens is 1. The summed E-state index contributed by atoms with van der Waals surface area (Å²) in [6.07, 6.45) is 2.79. The van der Waals surface area contributed by atoms with Crippen LogP contribution in [0.5, 0.6) is 0 Å². The van der Waals surface area contributed by atoms with Crippen LogP contribution in [0.25, 0.3) is 0 Å². The molecular formula is C7H12N4O. The van der Waals surface area contributed by atoms with E-state index in [9.17, 15) is 0 Å². The van der Waals surface area contributed by atoms with Crippen molar-refractivity contribution in [3.05, 3.63) is 12.2 Å². The van der Waals surface area contributed by atoms with Gasteiger partial charge in [-0.25, -0.2) is 4.98 Å². The first kappa shape index (κ1) is 7.70. The number of methoxy groups -OCH3 is 1. The Labute approximate surface area is 70.5 Å². The normalized spacial score (nSPS) is 29.4. The molecule has 5 heteroatoms. The zero-order valence-corrected chi connectivity index (χ0v) is 6.95. The molecule has 66 valence electrons. The molecule has 0 saturated carbocycles. The molecule has 0 spiro atoms. The topological polar surface area (TPSA) is 62.8 Å². The van der Waals surface area contributed by atoms with E-state index in [0.29, 0.717) is 6.10 Å². The molecule has 2 heterocycles. The van der Waals surface area contributed by atoms with E-state index in [-0.39, 0.29) is 6.04 Å². The van der Waals surface area contributed by atoms with Gasteiger partial charge in [0.1, 0.15) is 12.2 Å². The van der Waals surface area contributed by atoms with Crippen molar-refractivity contribution in [1.29, 1.82) is 0 Å². The maximum absolute atomic E-state index is 5.21. The van der Waals surface area contributed by atoms with Crippen molar-refractivity contribution in [2.75, 3.05) is 13.7 Å². The van der Waals surface area contributed by atoms with Crippen molar-refractivity contribution in [3.8, 4) is 0 Å². The number of hydrogen-bond donors (Lipinski definition) is 2. The van der Waals surface area contributed by atoms with Crippen molar-refractivity contribution < 1.29 is 4.74 Å². The second-order valence-corrected chi connectivity index (χ2v) is 2.92. The highest BCUT2D eigenvalue weighted by molar-refractivity contribution is 4.97. The number of rotatable bonds is 2. The van der Waals surface area contributed by atoms with Crippen molar-refractivity contribution in [1.82, 2.24) is 20.5 Å². The highest BCUT2D eigenvalue weighted by Crippen LogP contribution is 2.20. The number of ether oxygens (including phenoxy) is 1. The van der Waals surface area contributed by atoms with E-state index in [1.54, 1.807) is 7.11 Å². The van der Waals surface area contributed by atoms with Gasteiger partial charge in [-0.15, -0.1) is 0 Å². The fourth-order valence-corrected chi connectivity index (χ4v) is 1.47. The minimum atomic E-state index is 0.275. The van der Waals surface area contributed by atoms with Crippen LogP contribution < -0.4 is 5.32 Å². The molecule has 0 bridgehead atoms. The number of aromatic nitrogens is 3. The highest BCUT2D eigenvalue weighted by atomic mass is 16.5. The van der Waals surface area contributed by atoms with Gasteiger partial charge in [0.2, 0.25) is 0 Å². The van der Waals surface area contributed by atoms with E-state index in [1.807, 2.05) is 0 Å². The Hall–Kier alpha value is -0.940.